The molecule has 0 unspecified atom stereocenters. The minimum absolute atomic E-state index is 1.19. The third-order valence-corrected chi connectivity index (χ3v) is 5.27. The van der Waals surface area contributed by atoms with Gasteiger partial charge in [0.15, 0.2) is 0 Å². The first-order valence-electron chi connectivity index (χ1n) is 8.96. The summed E-state index contributed by atoms with van der Waals surface area (Å²) < 4.78 is 2.30. The molecule has 0 aliphatic rings. The van der Waals surface area contributed by atoms with E-state index >= 15 is 0 Å². The Balaban J connectivity index is 1.89. The van der Waals surface area contributed by atoms with Gasteiger partial charge in [-0.2, -0.15) is 4.57 Å². The van der Waals surface area contributed by atoms with Crippen LogP contribution < -0.4 is 4.57 Å². The number of rotatable bonds is 2. The van der Waals surface area contributed by atoms with Crippen LogP contribution in [0.15, 0.2) is 67.0 Å². The molecule has 0 atom stereocenters. The molecule has 0 N–H and O–H groups in total. The first-order chi connectivity index (χ1) is 12.5. The Morgan fingerprint density at radius 2 is 1.54 bits per heavy atom. The Bertz CT molecular complexity index is 1110. The number of pyridine rings is 2. The van der Waals surface area contributed by atoms with Crippen molar-refractivity contribution in [3.8, 4) is 22.4 Å². The van der Waals surface area contributed by atoms with E-state index < -0.39 is 0 Å². The zero-order valence-electron chi connectivity index (χ0n) is 15.7. The van der Waals surface area contributed by atoms with Crippen LogP contribution in [0.1, 0.15) is 16.7 Å². The van der Waals surface area contributed by atoms with Crippen LogP contribution in [0.2, 0.25) is 0 Å². The number of benzene rings is 2. The second-order valence-electron chi connectivity index (χ2n) is 7.04. The van der Waals surface area contributed by atoms with Crippen LogP contribution in [-0.4, -0.2) is 4.98 Å². The molecule has 2 nitrogen and oxygen atoms in total. The first kappa shape index (κ1) is 16.5. The van der Waals surface area contributed by atoms with Crippen molar-refractivity contribution in [1.29, 1.82) is 0 Å². The molecule has 0 amide bonds. The zero-order chi connectivity index (χ0) is 18.3. The van der Waals surface area contributed by atoms with Crippen molar-refractivity contribution >= 4 is 10.9 Å². The molecule has 2 aromatic heterocycles. The molecule has 0 fully saturated rings. The number of hydrogen-bond donors (Lipinski definition) is 0. The van der Waals surface area contributed by atoms with Gasteiger partial charge in [-0.1, -0.05) is 11.6 Å². The third kappa shape index (κ3) is 2.78. The van der Waals surface area contributed by atoms with Gasteiger partial charge in [0.25, 0.3) is 0 Å². The van der Waals surface area contributed by atoms with E-state index in [4.69, 9.17) is 0 Å². The molecular weight excluding hydrogens is 316 g/mol. The predicted octanol–water partition coefficient (Wildman–Crippen LogP) is 5.32. The third-order valence-electron chi connectivity index (χ3n) is 5.27. The van der Waals surface area contributed by atoms with Crippen molar-refractivity contribution in [2.24, 2.45) is 7.05 Å². The fourth-order valence-electron chi connectivity index (χ4n) is 3.70. The molecule has 2 aromatic carbocycles. The smallest absolute Gasteiger partial charge is 0.213 e. The van der Waals surface area contributed by atoms with Crippen molar-refractivity contribution in [3.05, 3.63) is 83.7 Å². The molecular formula is C24H23N2+. The van der Waals surface area contributed by atoms with Gasteiger partial charge in [-0.25, -0.2) is 0 Å². The number of aromatic nitrogens is 2. The normalized spacial score (nSPS) is 11.1. The molecule has 128 valence electrons. The van der Waals surface area contributed by atoms with Crippen LogP contribution in [0.25, 0.3) is 33.3 Å². The van der Waals surface area contributed by atoms with E-state index in [1.165, 1.54) is 50.0 Å². The average molecular weight is 339 g/mol. The summed E-state index contributed by atoms with van der Waals surface area (Å²) in [6.07, 6.45) is 3.68. The highest BCUT2D eigenvalue weighted by atomic mass is 14.9. The Kier molecular flexibility index (Phi) is 4.04. The van der Waals surface area contributed by atoms with E-state index in [0.29, 0.717) is 0 Å². The second-order valence-corrected chi connectivity index (χ2v) is 7.04. The molecule has 0 spiro atoms. The fourth-order valence-corrected chi connectivity index (χ4v) is 3.70. The van der Waals surface area contributed by atoms with Crippen LogP contribution in [0, 0.1) is 20.8 Å². The highest BCUT2D eigenvalue weighted by molar-refractivity contribution is 5.83. The summed E-state index contributed by atoms with van der Waals surface area (Å²) in [4.78, 5) is 4.11. The molecule has 2 heterocycles. The van der Waals surface area contributed by atoms with E-state index in [9.17, 15) is 0 Å². The van der Waals surface area contributed by atoms with Gasteiger partial charge >= 0.3 is 0 Å². The van der Waals surface area contributed by atoms with E-state index in [1.54, 1.807) is 0 Å². The predicted molar refractivity (Wildman–Crippen MR) is 108 cm³/mol. The summed E-state index contributed by atoms with van der Waals surface area (Å²) in [5, 5.41) is 1.24. The molecule has 26 heavy (non-hydrogen) atoms. The molecule has 4 aromatic rings. The number of nitrogens with zero attached hydrogens (tertiary/aromatic N) is 2. The lowest BCUT2D eigenvalue weighted by molar-refractivity contribution is -0.633. The second kappa shape index (κ2) is 6.38. The van der Waals surface area contributed by atoms with Gasteiger partial charge in [0, 0.05) is 35.5 Å². The SMILES string of the molecule is Cc1cc(C)c(C)c(-c2ccc3cc(-c4ccncc4)ccc3[n+]2C)c1. The molecule has 0 saturated carbocycles. The summed E-state index contributed by atoms with van der Waals surface area (Å²) in [6, 6.07) is 19.8. The van der Waals surface area contributed by atoms with Crippen LogP contribution >= 0.6 is 0 Å². The van der Waals surface area contributed by atoms with Gasteiger partial charge in [-0.15, -0.1) is 0 Å². The van der Waals surface area contributed by atoms with E-state index in [1.807, 2.05) is 12.4 Å². The average Bonchev–Trinajstić information content (AvgIpc) is 2.66. The van der Waals surface area contributed by atoms with Crippen LogP contribution in [0.4, 0.5) is 0 Å². The number of hydrogen-bond acceptors (Lipinski definition) is 1. The van der Waals surface area contributed by atoms with Crippen molar-refractivity contribution in [3.63, 3.8) is 0 Å². The summed E-state index contributed by atoms with van der Waals surface area (Å²) in [5.74, 6) is 0. The summed E-state index contributed by atoms with van der Waals surface area (Å²) >= 11 is 0. The largest absolute Gasteiger partial charge is 0.265 e. The Hall–Kier alpha value is -3.00. The van der Waals surface area contributed by atoms with Crippen LogP contribution in [0.5, 0.6) is 0 Å². The molecule has 0 aliphatic heterocycles. The Morgan fingerprint density at radius 1 is 0.769 bits per heavy atom. The highest BCUT2D eigenvalue weighted by Gasteiger charge is 2.17. The minimum atomic E-state index is 1.19. The topological polar surface area (TPSA) is 16.8 Å². The summed E-state index contributed by atoms with van der Waals surface area (Å²) in [6.45, 7) is 6.56. The molecule has 2 heteroatoms. The van der Waals surface area contributed by atoms with Gasteiger partial charge in [-0.3, -0.25) is 4.98 Å². The Morgan fingerprint density at radius 3 is 2.31 bits per heavy atom. The molecule has 0 bridgehead atoms. The van der Waals surface area contributed by atoms with Gasteiger partial charge < -0.3 is 0 Å². The van der Waals surface area contributed by atoms with Crippen molar-refractivity contribution in [2.45, 2.75) is 20.8 Å². The van der Waals surface area contributed by atoms with Crippen molar-refractivity contribution < 1.29 is 4.57 Å². The van der Waals surface area contributed by atoms with E-state index in [-0.39, 0.29) is 0 Å². The fraction of sp³-hybridized carbons (Fsp3) is 0.167. The maximum atomic E-state index is 4.11. The molecule has 4 rings (SSSR count). The van der Waals surface area contributed by atoms with Gasteiger partial charge in [0.05, 0.1) is 0 Å². The summed E-state index contributed by atoms with van der Waals surface area (Å²) in [7, 11) is 2.15. The van der Waals surface area contributed by atoms with Gasteiger partial charge in [0.2, 0.25) is 11.2 Å². The van der Waals surface area contributed by atoms with Crippen LogP contribution in [-0.2, 0) is 7.05 Å². The molecule has 0 radical (unpaired) electrons. The van der Waals surface area contributed by atoms with Gasteiger partial charge in [0.1, 0.15) is 7.05 Å². The van der Waals surface area contributed by atoms with Crippen molar-refractivity contribution in [2.75, 3.05) is 0 Å². The maximum absolute atomic E-state index is 4.11. The van der Waals surface area contributed by atoms with E-state index in [0.717, 1.165) is 0 Å². The van der Waals surface area contributed by atoms with E-state index in [2.05, 4.69) is 92.0 Å². The zero-order valence-corrected chi connectivity index (χ0v) is 15.7. The lowest BCUT2D eigenvalue weighted by atomic mass is 9.96. The lowest BCUT2D eigenvalue weighted by Gasteiger charge is -2.11. The monoisotopic (exact) mass is 339 g/mol. The quantitative estimate of drug-likeness (QED) is 0.452. The Labute approximate surface area is 154 Å². The number of fused-ring (bicyclic) bond motifs is 1. The van der Waals surface area contributed by atoms with Crippen molar-refractivity contribution in [1.82, 2.24) is 4.98 Å². The minimum Gasteiger partial charge on any atom is -0.265 e. The van der Waals surface area contributed by atoms with Crippen LogP contribution in [0.3, 0.4) is 0 Å². The number of aryl methyl sites for hydroxylation is 3. The lowest BCUT2D eigenvalue weighted by Crippen LogP contribution is -2.32. The standard InChI is InChI=1S/C24H23N2/c1-16-13-17(2)18(3)22(14-16)24-8-6-21-15-20(5-7-23(21)26(24)4)19-9-11-25-12-10-19/h5-15H,1-4H3/q+1. The maximum Gasteiger partial charge on any atom is 0.213 e. The first-order valence-corrected chi connectivity index (χ1v) is 8.96. The summed E-state index contributed by atoms with van der Waals surface area (Å²) in [5.41, 5.74) is 10.2. The molecule has 0 saturated heterocycles. The highest BCUT2D eigenvalue weighted by Crippen LogP contribution is 2.28. The molecule has 0 aliphatic carbocycles. The van der Waals surface area contributed by atoms with Gasteiger partial charge in [-0.05, 0) is 79.4 Å².